The fourth-order valence-electron chi connectivity index (χ4n) is 1.84. The van der Waals surface area contributed by atoms with Gasteiger partial charge in [0.05, 0.1) is 13.2 Å². The van der Waals surface area contributed by atoms with Crippen molar-refractivity contribution in [2.75, 3.05) is 0 Å². The van der Waals surface area contributed by atoms with Crippen LogP contribution in [0.4, 0.5) is 0 Å². The maximum Gasteiger partial charge on any atom is 3.00 e. The van der Waals surface area contributed by atoms with Crippen LogP contribution in [0.2, 0.25) is 0 Å². The molecule has 4 heteroatoms. The minimum absolute atomic E-state index is 0. The van der Waals surface area contributed by atoms with Crippen molar-refractivity contribution in [3.05, 3.63) is 59.7 Å². The van der Waals surface area contributed by atoms with Gasteiger partial charge in [-0.2, -0.15) is 0 Å². The average Bonchev–Trinajstić information content (AvgIpc) is 2.38. The molecule has 0 radical (unpaired) electrons. The average molecular weight is 252 g/mol. The summed E-state index contributed by atoms with van der Waals surface area (Å²) in [5.74, 6) is 0. The molecule has 2 aromatic carbocycles. The van der Waals surface area contributed by atoms with Gasteiger partial charge in [-0.1, -0.05) is 48.5 Å². The van der Waals surface area contributed by atoms with Crippen LogP contribution in [0.5, 0.6) is 0 Å². The third-order valence-corrected chi connectivity index (χ3v) is 2.67. The van der Waals surface area contributed by atoms with Crippen LogP contribution in [0.15, 0.2) is 48.5 Å². The molecule has 2 aromatic rings. The van der Waals surface area contributed by atoms with E-state index in [9.17, 15) is 10.2 Å². The van der Waals surface area contributed by atoms with Gasteiger partial charge in [-0.15, -0.1) is 0 Å². The molecule has 0 aliphatic rings. The van der Waals surface area contributed by atoms with E-state index >= 15 is 0 Å². The molecule has 0 bridgehead atoms. The van der Waals surface area contributed by atoms with E-state index in [1.54, 1.807) is 0 Å². The minimum atomic E-state index is 0. The number of benzene rings is 2. The van der Waals surface area contributed by atoms with E-state index in [0.717, 1.165) is 22.3 Å². The second kappa shape index (κ2) is 8.57. The molecule has 0 aromatic heterocycles. The molecule has 0 saturated carbocycles. The van der Waals surface area contributed by atoms with Crippen LogP contribution in [-0.4, -0.2) is 27.6 Å². The third kappa shape index (κ3) is 3.74. The Morgan fingerprint density at radius 3 is 1.39 bits per heavy atom. The van der Waals surface area contributed by atoms with Crippen LogP contribution < -0.4 is 18.9 Å². The normalized spacial score (nSPS) is 9.22. The summed E-state index contributed by atoms with van der Waals surface area (Å²) in [5.41, 5.74) is 3.72. The second-order valence-corrected chi connectivity index (χ2v) is 3.63. The van der Waals surface area contributed by atoms with Crippen molar-refractivity contribution in [3.63, 3.8) is 0 Å². The van der Waals surface area contributed by atoms with E-state index in [-0.39, 0.29) is 55.1 Å². The van der Waals surface area contributed by atoms with E-state index in [0.29, 0.717) is 0 Å². The minimum Gasteiger partial charge on any atom is -1.00 e. The largest absolute Gasteiger partial charge is 3.00 e. The first-order valence-corrected chi connectivity index (χ1v) is 5.24. The van der Waals surface area contributed by atoms with Crippen molar-refractivity contribution in [1.29, 1.82) is 0 Å². The Morgan fingerprint density at radius 2 is 1.06 bits per heavy atom. The number of aliphatic hydroxyl groups excluding tert-OH is 2. The van der Waals surface area contributed by atoms with E-state index < -0.39 is 0 Å². The van der Waals surface area contributed by atoms with E-state index in [4.69, 9.17) is 0 Å². The van der Waals surface area contributed by atoms with Gasteiger partial charge in [0.15, 0.2) is 0 Å². The van der Waals surface area contributed by atoms with Crippen LogP contribution in [0.25, 0.3) is 11.1 Å². The maximum atomic E-state index is 9.28. The summed E-state index contributed by atoms with van der Waals surface area (Å²) >= 11 is 0. The molecule has 90 valence electrons. The van der Waals surface area contributed by atoms with Crippen molar-refractivity contribution in [2.24, 2.45) is 0 Å². The summed E-state index contributed by atoms with van der Waals surface area (Å²) in [6, 6.07) is 15.4. The Labute approximate surface area is 136 Å². The molecule has 2 nitrogen and oxygen atoms in total. The Hall–Kier alpha value is -0.510. The Morgan fingerprint density at radius 1 is 0.722 bits per heavy atom. The van der Waals surface area contributed by atoms with Gasteiger partial charge in [0, 0.05) is 0 Å². The van der Waals surface area contributed by atoms with E-state index in [1.165, 1.54) is 0 Å². The predicted octanol–water partition coefficient (Wildman–Crippen LogP) is -0.589. The molecule has 0 amide bonds. The summed E-state index contributed by atoms with van der Waals surface area (Å²) < 4.78 is 0. The molecule has 0 aliphatic heterocycles. The van der Waals surface area contributed by atoms with Crippen LogP contribution in [0.1, 0.15) is 16.8 Å². The molecule has 0 spiro atoms. The molecule has 0 saturated heterocycles. The zero-order valence-electron chi connectivity index (χ0n) is 14.5. The van der Waals surface area contributed by atoms with Crippen molar-refractivity contribution in [3.8, 4) is 11.1 Å². The second-order valence-electron chi connectivity index (χ2n) is 3.63. The van der Waals surface area contributed by atoms with Gasteiger partial charge in [-0.05, 0) is 22.3 Å². The van der Waals surface area contributed by atoms with Crippen molar-refractivity contribution < 1.29 is 34.8 Å². The zero-order chi connectivity index (χ0) is 11.4. The summed E-state index contributed by atoms with van der Waals surface area (Å²) in [6.45, 7) is 0.0197. The Bertz CT molecular complexity index is 458. The first-order chi connectivity index (χ1) is 7.86. The standard InChI is InChI=1S/C14H14O2.Al.Li.4H/c15-9-11-5-1-3-7-13(11)14-8-4-2-6-12(14)10-16;;;;;;/h1-8,15-16H,9-10H2;;;;;;/q;+3;+1;4*-1. The predicted molar refractivity (Wildman–Crippen MR) is 73.9 cm³/mol. The van der Waals surface area contributed by atoms with Crippen molar-refractivity contribution in [1.82, 2.24) is 0 Å². The molecule has 18 heavy (non-hydrogen) atoms. The van der Waals surface area contributed by atoms with Gasteiger partial charge < -0.3 is 15.9 Å². The first-order valence-electron chi connectivity index (χ1n) is 5.24. The van der Waals surface area contributed by atoms with Gasteiger partial charge in [0.2, 0.25) is 0 Å². The van der Waals surface area contributed by atoms with Crippen LogP contribution >= 0.6 is 0 Å². The summed E-state index contributed by atoms with van der Waals surface area (Å²) in [5, 5.41) is 18.6. The summed E-state index contributed by atoms with van der Waals surface area (Å²) in [4.78, 5) is 0. The molecule has 0 heterocycles. The molecular formula is C14H18AlLiO2. The maximum absolute atomic E-state index is 9.28. The molecule has 0 unspecified atom stereocenters. The van der Waals surface area contributed by atoms with E-state index in [1.807, 2.05) is 48.5 Å². The molecule has 0 atom stereocenters. The van der Waals surface area contributed by atoms with Crippen LogP contribution in [-0.2, 0) is 13.2 Å². The fraction of sp³-hybridized carbons (Fsp3) is 0.143. The summed E-state index contributed by atoms with van der Waals surface area (Å²) in [7, 11) is 0. The molecule has 0 fully saturated rings. The topological polar surface area (TPSA) is 40.5 Å². The molecule has 2 rings (SSSR count). The number of rotatable bonds is 3. The van der Waals surface area contributed by atoms with Gasteiger partial charge in [0.1, 0.15) is 0 Å². The first kappa shape index (κ1) is 17.5. The fourth-order valence-corrected chi connectivity index (χ4v) is 1.84. The Balaban J connectivity index is -0.000000161. The van der Waals surface area contributed by atoms with Gasteiger partial charge >= 0.3 is 36.2 Å². The van der Waals surface area contributed by atoms with Crippen molar-refractivity contribution >= 4 is 17.4 Å². The monoisotopic (exact) mass is 252 g/mol. The number of aliphatic hydroxyl groups is 2. The number of hydrogen-bond donors (Lipinski definition) is 2. The van der Waals surface area contributed by atoms with Crippen molar-refractivity contribution in [2.45, 2.75) is 13.2 Å². The third-order valence-electron chi connectivity index (χ3n) is 2.67. The molecule has 0 aliphatic carbocycles. The van der Waals surface area contributed by atoms with Gasteiger partial charge in [-0.3, -0.25) is 0 Å². The number of hydrogen-bond acceptors (Lipinski definition) is 2. The molecule has 2 N–H and O–H groups in total. The molecular weight excluding hydrogens is 234 g/mol. The van der Waals surface area contributed by atoms with E-state index in [2.05, 4.69) is 0 Å². The smallest absolute Gasteiger partial charge is 1.00 e. The van der Waals surface area contributed by atoms with Gasteiger partial charge in [-0.25, -0.2) is 0 Å². The quantitative estimate of drug-likeness (QED) is 0.717. The summed E-state index contributed by atoms with van der Waals surface area (Å²) in [6.07, 6.45) is 0. The Kier molecular flexibility index (Phi) is 8.32. The van der Waals surface area contributed by atoms with Crippen LogP contribution in [0, 0.1) is 0 Å². The SMILES string of the molecule is OCc1ccccc1-c1ccccc1CO.[Al+3].[H-].[H-].[H-].[H-].[Li+]. The van der Waals surface area contributed by atoms with Crippen LogP contribution in [0.3, 0.4) is 0 Å². The zero-order valence-corrected chi connectivity index (χ0v) is 11.7. The van der Waals surface area contributed by atoms with Gasteiger partial charge in [0.25, 0.3) is 0 Å².